The lowest BCUT2D eigenvalue weighted by Crippen LogP contribution is -2.01. The number of rotatable bonds is 9. The fourth-order valence-corrected chi connectivity index (χ4v) is 2.47. The molecule has 0 rings (SSSR count). The molecule has 1 unspecified atom stereocenters. The first-order valence-corrected chi connectivity index (χ1v) is 7.27. The predicted octanol–water partition coefficient (Wildman–Crippen LogP) is 4.71. The Labute approximate surface area is 92.8 Å². The summed E-state index contributed by atoms with van der Waals surface area (Å²) in [7, 11) is 0. The van der Waals surface area contributed by atoms with Gasteiger partial charge in [-0.3, -0.25) is 0 Å². The molecule has 0 nitrogen and oxygen atoms in total. The summed E-state index contributed by atoms with van der Waals surface area (Å²) < 4.78 is 0. The largest absolute Gasteiger partial charge is 0.164 e. The van der Waals surface area contributed by atoms with Crippen LogP contribution >= 0.6 is 23.4 Å². The molecule has 0 N–H and O–H groups in total. The van der Waals surface area contributed by atoms with Crippen LogP contribution in [0.4, 0.5) is 0 Å². The molecule has 0 aliphatic rings. The summed E-state index contributed by atoms with van der Waals surface area (Å²) in [6, 6.07) is 0. The molecule has 0 aliphatic carbocycles. The zero-order chi connectivity index (χ0) is 9.94. The van der Waals surface area contributed by atoms with Gasteiger partial charge in [0.15, 0.2) is 0 Å². The van der Waals surface area contributed by atoms with Crippen LogP contribution in [0.25, 0.3) is 0 Å². The van der Waals surface area contributed by atoms with Crippen molar-refractivity contribution in [2.24, 2.45) is 0 Å². The number of unbranched alkanes of at least 4 members (excludes halogenated alkanes) is 5. The van der Waals surface area contributed by atoms with Gasteiger partial charge in [0.1, 0.15) is 0 Å². The molecule has 1 atom stereocenters. The van der Waals surface area contributed by atoms with Crippen LogP contribution in [-0.4, -0.2) is 17.4 Å². The molecule has 2 heteroatoms. The van der Waals surface area contributed by atoms with Crippen molar-refractivity contribution in [2.75, 3.05) is 12.0 Å². The number of halogens is 1. The highest BCUT2D eigenvalue weighted by molar-refractivity contribution is 7.98. The van der Waals surface area contributed by atoms with Crippen LogP contribution in [0.5, 0.6) is 0 Å². The normalized spacial score (nSPS) is 13.2. The lowest BCUT2D eigenvalue weighted by atomic mass is 10.1. The van der Waals surface area contributed by atoms with E-state index in [9.17, 15) is 0 Å². The summed E-state index contributed by atoms with van der Waals surface area (Å²) in [5.74, 6) is 1.11. The minimum Gasteiger partial charge on any atom is -0.164 e. The van der Waals surface area contributed by atoms with Gasteiger partial charge < -0.3 is 0 Å². The first-order chi connectivity index (χ1) is 6.31. The Bertz CT molecular complexity index is 96.1. The van der Waals surface area contributed by atoms with Crippen LogP contribution in [0.15, 0.2) is 0 Å². The lowest BCUT2D eigenvalue weighted by molar-refractivity contribution is 0.588. The van der Waals surface area contributed by atoms with Gasteiger partial charge in [-0.2, -0.15) is 11.8 Å². The second-order valence-corrected chi connectivity index (χ2v) is 5.14. The van der Waals surface area contributed by atoms with Gasteiger partial charge in [0.2, 0.25) is 0 Å². The molecule has 0 spiro atoms. The quantitative estimate of drug-likeness (QED) is 0.402. The average molecular weight is 223 g/mol. The van der Waals surface area contributed by atoms with E-state index in [0.29, 0.717) is 5.38 Å². The third-order valence-electron chi connectivity index (χ3n) is 2.22. The van der Waals surface area contributed by atoms with Crippen molar-refractivity contribution in [3.63, 3.8) is 0 Å². The molecule has 0 aromatic heterocycles. The second kappa shape index (κ2) is 10.7. The number of hydrogen-bond donors (Lipinski definition) is 0. The summed E-state index contributed by atoms with van der Waals surface area (Å²) in [6.07, 6.45) is 11.6. The molecule has 0 aliphatic heterocycles. The fourth-order valence-electron chi connectivity index (χ4n) is 1.41. The van der Waals surface area contributed by atoms with Crippen LogP contribution in [-0.2, 0) is 0 Å². The van der Waals surface area contributed by atoms with E-state index < -0.39 is 0 Å². The number of thioether (sulfide) groups is 1. The Morgan fingerprint density at radius 2 is 1.69 bits per heavy atom. The van der Waals surface area contributed by atoms with Crippen LogP contribution in [0.1, 0.15) is 51.9 Å². The van der Waals surface area contributed by atoms with E-state index in [4.69, 9.17) is 11.6 Å². The van der Waals surface area contributed by atoms with Gasteiger partial charge in [0.05, 0.1) is 0 Å². The molecular weight excluding hydrogens is 200 g/mol. The zero-order valence-corrected chi connectivity index (χ0v) is 10.6. The fraction of sp³-hybridized carbons (Fsp3) is 1.00. The molecular formula is C11H23ClS. The third kappa shape index (κ3) is 10.6. The van der Waals surface area contributed by atoms with Gasteiger partial charge in [-0.25, -0.2) is 0 Å². The van der Waals surface area contributed by atoms with Crippen molar-refractivity contribution >= 4 is 23.4 Å². The standard InChI is InChI=1S/C11H23ClS/c1-3-4-5-6-7-8-9-11(12)10-13-2/h11H,3-10H2,1-2H3. The Kier molecular flexibility index (Phi) is 11.2. The number of alkyl halides is 1. The van der Waals surface area contributed by atoms with Gasteiger partial charge in [-0.1, -0.05) is 45.4 Å². The maximum atomic E-state index is 6.10. The predicted molar refractivity (Wildman–Crippen MR) is 66.0 cm³/mol. The molecule has 80 valence electrons. The summed E-state index contributed by atoms with van der Waals surface area (Å²) in [6.45, 7) is 2.26. The summed E-state index contributed by atoms with van der Waals surface area (Å²) in [5.41, 5.74) is 0. The van der Waals surface area contributed by atoms with Gasteiger partial charge in [-0.15, -0.1) is 11.6 Å². The molecule has 0 heterocycles. The molecule has 0 aromatic rings. The monoisotopic (exact) mass is 222 g/mol. The van der Waals surface area contributed by atoms with Crippen molar-refractivity contribution in [1.29, 1.82) is 0 Å². The van der Waals surface area contributed by atoms with E-state index in [2.05, 4.69) is 13.2 Å². The number of hydrogen-bond acceptors (Lipinski definition) is 1. The van der Waals surface area contributed by atoms with Crippen LogP contribution in [0, 0.1) is 0 Å². The Morgan fingerprint density at radius 3 is 2.31 bits per heavy atom. The van der Waals surface area contributed by atoms with E-state index in [1.54, 1.807) is 0 Å². The minimum absolute atomic E-state index is 0.404. The van der Waals surface area contributed by atoms with Gasteiger partial charge >= 0.3 is 0 Å². The van der Waals surface area contributed by atoms with Crippen molar-refractivity contribution in [3.05, 3.63) is 0 Å². The molecule has 13 heavy (non-hydrogen) atoms. The SMILES string of the molecule is CCCCCCCCC(Cl)CSC. The van der Waals surface area contributed by atoms with E-state index in [0.717, 1.165) is 5.75 Å². The molecule has 0 saturated heterocycles. The highest BCUT2D eigenvalue weighted by Crippen LogP contribution is 2.14. The summed E-state index contributed by atoms with van der Waals surface area (Å²) >= 11 is 7.95. The maximum Gasteiger partial charge on any atom is 0.0426 e. The smallest absolute Gasteiger partial charge is 0.0426 e. The highest BCUT2D eigenvalue weighted by Gasteiger charge is 2.02. The van der Waals surface area contributed by atoms with Gasteiger partial charge in [-0.05, 0) is 12.7 Å². The summed E-state index contributed by atoms with van der Waals surface area (Å²) in [4.78, 5) is 0. The maximum absolute atomic E-state index is 6.10. The van der Waals surface area contributed by atoms with E-state index in [-0.39, 0.29) is 0 Å². The van der Waals surface area contributed by atoms with Crippen molar-refractivity contribution in [1.82, 2.24) is 0 Å². The Hall–Kier alpha value is 0.640. The lowest BCUT2D eigenvalue weighted by Gasteiger charge is -2.06. The summed E-state index contributed by atoms with van der Waals surface area (Å²) in [5, 5.41) is 0.404. The average Bonchev–Trinajstić information content (AvgIpc) is 2.11. The first-order valence-electron chi connectivity index (χ1n) is 5.44. The first kappa shape index (κ1) is 13.6. The highest BCUT2D eigenvalue weighted by atomic mass is 35.5. The molecule has 0 amide bonds. The molecule has 0 bridgehead atoms. The van der Waals surface area contributed by atoms with E-state index >= 15 is 0 Å². The topological polar surface area (TPSA) is 0 Å². The minimum atomic E-state index is 0.404. The third-order valence-corrected chi connectivity index (χ3v) is 3.51. The molecule has 0 fully saturated rings. The van der Waals surface area contributed by atoms with E-state index in [1.807, 2.05) is 11.8 Å². The molecule has 0 radical (unpaired) electrons. The van der Waals surface area contributed by atoms with Crippen LogP contribution in [0.3, 0.4) is 0 Å². The van der Waals surface area contributed by atoms with Crippen LogP contribution < -0.4 is 0 Å². The van der Waals surface area contributed by atoms with Crippen LogP contribution in [0.2, 0.25) is 0 Å². The van der Waals surface area contributed by atoms with Crippen molar-refractivity contribution < 1.29 is 0 Å². The second-order valence-electron chi connectivity index (χ2n) is 3.61. The van der Waals surface area contributed by atoms with Gasteiger partial charge in [0, 0.05) is 11.1 Å². The zero-order valence-electron chi connectivity index (χ0n) is 9.02. The van der Waals surface area contributed by atoms with E-state index in [1.165, 1.54) is 44.9 Å². The molecule has 0 aromatic carbocycles. The molecule has 0 saturated carbocycles. The Morgan fingerprint density at radius 1 is 1.08 bits per heavy atom. The Balaban J connectivity index is 2.97. The van der Waals surface area contributed by atoms with Crippen molar-refractivity contribution in [2.45, 2.75) is 57.2 Å². The van der Waals surface area contributed by atoms with Crippen molar-refractivity contribution in [3.8, 4) is 0 Å². The van der Waals surface area contributed by atoms with Gasteiger partial charge in [0.25, 0.3) is 0 Å².